The van der Waals surface area contributed by atoms with Crippen LogP contribution in [-0.4, -0.2) is 46.9 Å². The van der Waals surface area contributed by atoms with Gasteiger partial charge in [-0.05, 0) is 38.0 Å². The van der Waals surface area contributed by atoms with E-state index in [1.54, 1.807) is 4.90 Å². The molecule has 132 valence electrons. The van der Waals surface area contributed by atoms with Crippen LogP contribution in [0.25, 0.3) is 0 Å². The lowest BCUT2D eigenvalue weighted by molar-refractivity contribution is -0.144. The topological polar surface area (TPSA) is 86.7 Å². The van der Waals surface area contributed by atoms with E-state index in [0.29, 0.717) is 25.8 Å². The number of amides is 2. The van der Waals surface area contributed by atoms with E-state index in [9.17, 15) is 19.5 Å². The molecule has 0 bridgehead atoms. The fourth-order valence-electron chi connectivity index (χ4n) is 3.04. The Morgan fingerprint density at radius 2 is 1.96 bits per heavy atom. The minimum Gasteiger partial charge on any atom is -0.481 e. The molecule has 1 fully saturated rings. The van der Waals surface area contributed by atoms with Crippen LogP contribution in [0.1, 0.15) is 59.3 Å². The van der Waals surface area contributed by atoms with Crippen molar-refractivity contribution in [2.45, 2.75) is 65.3 Å². The highest BCUT2D eigenvalue weighted by molar-refractivity contribution is 5.88. The lowest BCUT2D eigenvalue weighted by atomic mass is 9.96. The van der Waals surface area contributed by atoms with Crippen molar-refractivity contribution in [3.05, 3.63) is 0 Å². The fraction of sp³-hybridized carbons (Fsp3) is 0.824. The molecule has 1 saturated heterocycles. The normalized spacial score (nSPS) is 19.5. The van der Waals surface area contributed by atoms with Crippen molar-refractivity contribution in [2.75, 3.05) is 13.1 Å². The average Bonchev–Trinajstić information content (AvgIpc) is 2.50. The number of rotatable bonds is 8. The third-order valence-electron chi connectivity index (χ3n) is 4.22. The number of nitrogens with zero attached hydrogens (tertiary/aromatic N) is 1. The quantitative estimate of drug-likeness (QED) is 0.714. The SMILES string of the molecule is CCCC(=O)N1CCCCC1C(=O)NCC(CC(C)C)C(=O)O. The summed E-state index contributed by atoms with van der Waals surface area (Å²) >= 11 is 0. The lowest BCUT2D eigenvalue weighted by Crippen LogP contribution is -2.52. The van der Waals surface area contributed by atoms with Crippen LogP contribution in [0.15, 0.2) is 0 Å². The van der Waals surface area contributed by atoms with Gasteiger partial charge < -0.3 is 15.3 Å². The minimum atomic E-state index is -0.887. The molecule has 6 nitrogen and oxygen atoms in total. The van der Waals surface area contributed by atoms with Crippen molar-refractivity contribution in [2.24, 2.45) is 11.8 Å². The van der Waals surface area contributed by atoms with Crippen LogP contribution in [0.5, 0.6) is 0 Å². The Balaban J connectivity index is 2.62. The molecule has 0 saturated carbocycles. The molecule has 1 heterocycles. The summed E-state index contributed by atoms with van der Waals surface area (Å²) in [7, 11) is 0. The molecule has 0 spiro atoms. The summed E-state index contributed by atoms with van der Waals surface area (Å²) in [6.07, 6.45) is 4.24. The predicted octanol–water partition coefficient (Wildman–Crippen LogP) is 2.03. The van der Waals surface area contributed by atoms with Crippen molar-refractivity contribution >= 4 is 17.8 Å². The summed E-state index contributed by atoms with van der Waals surface area (Å²) in [5.74, 6) is -1.41. The van der Waals surface area contributed by atoms with Gasteiger partial charge in [0.25, 0.3) is 0 Å². The van der Waals surface area contributed by atoms with Gasteiger partial charge in [-0.3, -0.25) is 14.4 Å². The molecular weight excluding hydrogens is 296 g/mol. The van der Waals surface area contributed by atoms with Gasteiger partial charge in [0, 0.05) is 19.5 Å². The van der Waals surface area contributed by atoms with Gasteiger partial charge in [-0.15, -0.1) is 0 Å². The number of hydrogen-bond donors (Lipinski definition) is 2. The largest absolute Gasteiger partial charge is 0.481 e. The van der Waals surface area contributed by atoms with Crippen LogP contribution >= 0.6 is 0 Å². The molecule has 0 radical (unpaired) electrons. The highest BCUT2D eigenvalue weighted by atomic mass is 16.4. The van der Waals surface area contributed by atoms with Gasteiger partial charge in [-0.25, -0.2) is 0 Å². The van der Waals surface area contributed by atoms with Crippen LogP contribution in [0.3, 0.4) is 0 Å². The molecule has 2 N–H and O–H groups in total. The Morgan fingerprint density at radius 1 is 1.26 bits per heavy atom. The molecular formula is C17H30N2O4. The zero-order valence-electron chi connectivity index (χ0n) is 14.5. The highest BCUT2D eigenvalue weighted by Gasteiger charge is 2.32. The maximum atomic E-state index is 12.4. The number of carbonyl (C=O) groups is 3. The third kappa shape index (κ3) is 6.20. The van der Waals surface area contributed by atoms with Gasteiger partial charge in [0.05, 0.1) is 5.92 Å². The van der Waals surface area contributed by atoms with Gasteiger partial charge in [-0.1, -0.05) is 20.8 Å². The molecule has 2 amide bonds. The maximum absolute atomic E-state index is 12.4. The van der Waals surface area contributed by atoms with E-state index in [-0.39, 0.29) is 24.3 Å². The minimum absolute atomic E-state index is 0.0179. The molecule has 1 aliphatic rings. The summed E-state index contributed by atoms with van der Waals surface area (Å²) in [5, 5.41) is 12.0. The lowest BCUT2D eigenvalue weighted by Gasteiger charge is -2.35. The second-order valence-electron chi connectivity index (χ2n) is 6.76. The smallest absolute Gasteiger partial charge is 0.308 e. The number of carboxylic acids is 1. The number of hydrogen-bond acceptors (Lipinski definition) is 3. The number of nitrogens with one attached hydrogen (secondary N) is 1. The molecule has 0 aromatic heterocycles. The molecule has 1 rings (SSSR count). The van der Waals surface area contributed by atoms with Crippen LogP contribution in [0.4, 0.5) is 0 Å². The van der Waals surface area contributed by atoms with E-state index in [0.717, 1.165) is 19.3 Å². The van der Waals surface area contributed by atoms with Gasteiger partial charge in [0.2, 0.25) is 11.8 Å². The Kier molecular flexibility index (Phi) is 8.06. The van der Waals surface area contributed by atoms with Gasteiger partial charge in [0.1, 0.15) is 6.04 Å². The van der Waals surface area contributed by atoms with Crippen LogP contribution < -0.4 is 5.32 Å². The van der Waals surface area contributed by atoms with E-state index in [1.165, 1.54) is 0 Å². The van der Waals surface area contributed by atoms with Crippen molar-refractivity contribution in [1.82, 2.24) is 10.2 Å². The molecule has 2 unspecified atom stereocenters. The molecule has 0 aliphatic carbocycles. The van der Waals surface area contributed by atoms with E-state index in [4.69, 9.17) is 0 Å². The Morgan fingerprint density at radius 3 is 2.52 bits per heavy atom. The Bertz CT molecular complexity index is 423. The number of carboxylic acid groups (broad SMARTS) is 1. The van der Waals surface area contributed by atoms with E-state index in [2.05, 4.69) is 5.32 Å². The second kappa shape index (κ2) is 9.53. The monoisotopic (exact) mass is 326 g/mol. The predicted molar refractivity (Wildman–Crippen MR) is 87.9 cm³/mol. The summed E-state index contributed by atoms with van der Waals surface area (Å²) < 4.78 is 0. The Hall–Kier alpha value is -1.59. The van der Waals surface area contributed by atoms with Gasteiger partial charge in [0.15, 0.2) is 0 Å². The van der Waals surface area contributed by atoms with E-state index >= 15 is 0 Å². The van der Waals surface area contributed by atoms with E-state index in [1.807, 2.05) is 20.8 Å². The number of aliphatic carboxylic acids is 1. The second-order valence-corrected chi connectivity index (χ2v) is 6.76. The maximum Gasteiger partial charge on any atom is 0.308 e. The summed E-state index contributed by atoms with van der Waals surface area (Å²) in [6.45, 7) is 6.61. The van der Waals surface area contributed by atoms with Crippen molar-refractivity contribution in [3.8, 4) is 0 Å². The number of likely N-dealkylation sites (tertiary alicyclic amines) is 1. The molecule has 6 heteroatoms. The highest BCUT2D eigenvalue weighted by Crippen LogP contribution is 2.19. The van der Waals surface area contributed by atoms with Gasteiger partial charge in [-0.2, -0.15) is 0 Å². The first kappa shape index (κ1) is 19.5. The zero-order valence-corrected chi connectivity index (χ0v) is 14.5. The Labute approximate surface area is 138 Å². The first-order valence-electron chi connectivity index (χ1n) is 8.66. The zero-order chi connectivity index (χ0) is 17.4. The first-order valence-corrected chi connectivity index (χ1v) is 8.66. The molecule has 0 aromatic carbocycles. The van der Waals surface area contributed by atoms with Crippen LogP contribution in [0, 0.1) is 11.8 Å². The standard InChI is InChI=1S/C17H30N2O4/c1-4-7-15(20)19-9-6-5-8-14(19)16(21)18-11-13(17(22)23)10-12(2)3/h12-14H,4-11H2,1-3H3,(H,18,21)(H,22,23). The molecule has 23 heavy (non-hydrogen) atoms. The van der Waals surface area contributed by atoms with E-state index < -0.39 is 17.9 Å². The van der Waals surface area contributed by atoms with Crippen molar-refractivity contribution < 1.29 is 19.5 Å². The number of carbonyl (C=O) groups excluding carboxylic acids is 2. The molecule has 2 atom stereocenters. The molecule has 0 aromatic rings. The summed E-state index contributed by atoms with van der Waals surface area (Å²) in [4.78, 5) is 37.5. The third-order valence-corrected chi connectivity index (χ3v) is 4.22. The summed E-state index contributed by atoms with van der Waals surface area (Å²) in [6, 6.07) is -0.448. The average molecular weight is 326 g/mol. The first-order chi connectivity index (χ1) is 10.9. The fourth-order valence-corrected chi connectivity index (χ4v) is 3.04. The summed E-state index contributed by atoms with van der Waals surface area (Å²) in [5.41, 5.74) is 0. The van der Waals surface area contributed by atoms with Crippen molar-refractivity contribution in [1.29, 1.82) is 0 Å². The van der Waals surface area contributed by atoms with Gasteiger partial charge >= 0.3 is 5.97 Å². The van der Waals surface area contributed by atoms with Crippen molar-refractivity contribution in [3.63, 3.8) is 0 Å². The molecule has 1 aliphatic heterocycles. The number of piperidine rings is 1. The van der Waals surface area contributed by atoms with Crippen LogP contribution in [-0.2, 0) is 14.4 Å². The van der Waals surface area contributed by atoms with Crippen LogP contribution in [0.2, 0.25) is 0 Å².